The average Bonchev–Trinajstić information content (AvgIpc) is 3.04. The predicted octanol–water partition coefficient (Wildman–Crippen LogP) is 2.93. The van der Waals surface area contributed by atoms with Crippen LogP contribution >= 0.6 is 11.3 Å². The van der Waals surface area contributed by atoms with Gasteiger partial charge in [0.05, 0.1) is 5.56 Å². The number of hydrogen-bond acceptors (Lipinski definition) is 5. The molecular formula is C20H28N2O5S. The topological polar surface area (TPSA) is 95.9 Å². The number of carbonyl (C=O) groups is 3. The second-order valence-electron chi connectivity index (χ2n) is 7.51. The van der Waals surface area contributed by atoms with Crippen molar-refractivity contribution in [2.45, 2.75) is 51.9 Å². The van der Waals surface area contributed by atoms with E-state index in [1.54, 1.807) is 0 Å². The summed E-state index contributed by atoms with van der Waals surface area (Å²) in [6, 6.07) is 0. The normalized spacial score (nSPS) is 19.2. The molecular weight excluding hydrogens is 380 g/mol. The van der Waals surface area contributed by atoms with Crippen molar-refractivity contribution in [2.75, 3.05) is 31.6 Å². The molecule has 1 aromatic rings. The minimum atomic E-state index is -1.12. The van der Waals surface area contributed by atoms with Crippen LogP contribution in [0.15, 0.2) is 0 Å². The third-order valence-corrected chi connectivity index (χ3v) is 6.68. The van der Waals surface area contributed by atoms with Gasteiger partial charge in [0.15, 0.2) is 0 Å². The van der Waals surface area contributed by atoms with Gasteiger partial charge in [-0.25, -0.2) is 4.79 Å². The first-order chi connectivity index (χ1) is 13.5. The van der Waals surface area contributed by atoms with Crippen LogP contribution in [0.2, 0.25) is 0 Å². The van der Waals surface area contributed by atoms with Crippen molar-refractivity contribution < 1.29 is 24.2 Å². The number of hydrogen-bond donors (Lipinski definition) is 2. The van der Waals surface area contributed by atoms with Crippen LogP contribution in [0.5, 0.6) is 0 Å². The minimum absolute atomic E-state index is 0.00824. The highest BCUT2D eigenvalue weighted by Crippen LogP contribution is 2.41. The second-order valence-corrected chi connectivity index (χ2v) is 8.62. The number of ether oxygens (including phenoxy) is 1. The summed E-state index contributed by atoms with van der Waals surface area (Å²) in [5.74, 6) is -0.925. The van der Waals surface area contributed by atoms with E-state index >= 15 is 0 Å². The number of anilines is 1. The molecule has 2 N–H and O–H groups in total. The fourth-order valence-electron chi connectivity index (χ4n) is 3.97. The standard InChI is InChI=1S/C20H28N2O5S/c1-2-13-6-7-14-15(10-13)28-19(21-16(23)11-27-12-17(24)25)18(14)20(26)22-8-4-3-5-9-22/h13H,2-12H2,1H3,(H,21,23)(H,24,25)/t13-/m0/s1. The summed E-state index contributed by atoms with van der Waals surface area (Å²) in [7, 11) is 0. The molecule has 1 aromatic heterocycles. The Morgan fingerprint density at radius 1 is 1.21 bits per heavy atom. The van der Waals surface area contributed by atoms with Crippen molar-refractivity contribution in [3.63, 3.8) is 0 Å². The van der Waals surface area contributed by atoms with E-state index < -0.39 is 18.5 Å². The van der Waals surface area contributed by atoms with Crippen molar-refractivity contribution in [3.05, 3.63) is 16.0 Å². The van der Waals surface area contributed by atoms with Crippen LogP contribution in [-0.2, 0) is 27.2 Å². The molecule has 0 aromatic carbocycles. The minimum Gasteiger partial charge on any atom is -0.480 e. The van der Waals surface area contributed by atoms with Crippen LogP contribution in [0.1, 0.15) is 59.8 Å². The smallest absolute Gasteiger partial charge is 0.329 e. The average molecular weight is 409 g/mol. The Bertz CT molecular complexity index is 739. The number of rotatable bonds is 7. The molecule has 3 rings (SSSR count). The van der Waals surface area contributed by atoms with Crippen molar-refractivity contribution in [3.8, 4) is 0 Å². The zero-order valence-corrected chi connectivity index (χ0v) is 17.1. The highest BCUT2D eigenvalue weighted by Gasteiger charge is 2.31. The number of carbonyl (C=O) groups excluding carboxylic acids is 2. The summed E-state index contributed by atoms with van der Waals surface area (Å²) < 4.78 is 4.88. The maximum atomic E-state index is 13.3. The molecule has 1 atom stereocenters. The molecule has 1 saturated heterocycles. The van der Waals surface area contributed by atoms with Crippen LogP contribution in [0.25, 0.3) is 0 Å². The van der Waals surface area contributed by atoms with Crippen LogP contribution in [-0.4, -0.2) is 54.1 Å². The fraction of sp³-hybridized carbons (Fsp3) is 0.650. The fourth-order valence-corrected chi connectivity index (χ4v) is 5.34. The quantitative estimate of drug-likeness (QED) is 0.723. The van der Waals surface area contributed by atoms with E-state index in [0.29, 0.717) is 16.5 Å². The van der Waals surface area contributed by atoms with Gasteiger partial charge in [-0.15, -0.1) is 11.3 Å². The summed E-state index contributed by atoms with van der Waals surface area (Å²) >= 11 is 1.49. The zero-order valence-electron chi connectivity index (χ0n) is 16.3. The van der Waals surface area contributed by atoms with Gasteiger partial charge in [-0.05, 0) is 50.0 Å². The summed E-state index contributed by atoms with van der Waals surface area (Å²) in [4.78, 5) is 39.1. The lowest BCUT2D eigenvalue weighted by Crippen LogP contribution is -2.36. The lowest BCUT2D eigenvalue weighted by molar-refractivity contribution is -0.143. The second kappa shape index (κ2) is 9.52. The van der Waals surface area contributed by atoms with Crippen molar-refractivity contribution in [1.29, 1.82) is 0 Å². The first kappa shape index (κ1) is 20.8. The number of fused-ring (bicyclic) bond motifs is 1. The number of nitrogens with zero attached hydrogens (tertiary/aromatic N) is 1. The van der Waals surface area contributed by atoms with Gasteiger partial charge < -0.3 is 20.1 Å². The molecule has 28 heavy (non-hydrogen) atoms. The molecule has 1 aliphatic heterocycles. The van der Waals surface area contributed by atoms with E-state index in [1.165, 1.54) is 16.2 Å². The monoisotopic (exact) mass is 408 g/mol. The molecule has 2 heterocycles. The molecule has 1 aliphatic carbocycles. The molecule has 0 spiro atoms. The SMILES string of the molecule is CC[C@H]1CCc2c(sc(NC(=O)COCC(=O)O)c2C(=O)N2CCCCC2)C1. The van der Waals surface area contributed by atoms with E-state index in [-0.39, 0.29) is 12.5 Å². The van der Waals surface area contributed by atoms with Crippen LogP contribution in [0, 0.1) is 5.92 Å². The van der Waals surface area contributed by atoms with Gasteiger partial charge in [-0.2, -0.15) is 0 Å². The molecule has 2 aliphatic rings. The first-order valence-electron chi connectivity index (χ1n) is 10.0. The number of amides is 2. The van der Waals surface area contributed by atoms with Gasteiger partial charge >= 0.3 is 5.97 Å². The number of thiophene rings is 1. The molecule has 0 unspecified atom stereocenters. The number of likely N-dealkylation sites (tertiary alicyclic amines) is 1. The predicted molar refractivity (Wildman–Crippen MR) is 107 cm³/mol. The first-order valence-corrected chi connectivity index (χ1v) is 10.8. The number of carboxylic acid groups (broad SMARTS) is 1. The third-order valence-electron chi connectivity index (χ3n) is 5.51. The van der Waals surface area contributed by atoms with Crippen LogP contribution < -0.4 is 5.32 Å². The summed E-state index contributed by atoms with van der Waals surface area (Å²) in [6.45, 7) is 2.84. The lowest BCUT2D eigenvalue weighted by Gasteiger charge is -2.28. The highest BCUT2D eigenvalue weighted by atomic mass is 32.1. The maximum Gasteiger partial charge on any atom is 0.329 e. The third kappa shape index (κ3) is 4.91. The number of nitrogens with one attached hydrogen (secondary N) is 1. The Kier molecular flexibility index (Phi) is 7.07. The van der Waals surface area contributed by atoms with Gasteiger partial charge in [-0.3, -0.25) is 9.59 Å². The molecule has 1 fully saturated rings. The van der Waals surface area contributed by atoms with Crippen molar-refractivity contribution in [2.24, 2.45) is 5.92 Å². The van der Waals surface area contributed by atoms with E-state index in [0.717, 1.165) is 63.6 Å². The Balaban J connectivity index is 1.81. The lowest BCUT2D eigenvalue weighted by atomic mass is 9.85. The van der Waals surface area contributed by atoms with Gasteiger partial charge in [0, 0.05) is 18.0 Å². The van der Waals surface area contributed by atoms with E-state index in [9.17, 15) is 14.4 Å². The van der Waals surface area contributed by atoms with Crippen LogP contribution in [0.4, 0.5) is 5.00 Å². The largest absolute Gasteiger partial charge is 0.480 e. The van der Waals surface area contributed by atoms with Crippen LogP contribution in [0.3, 0.4) is 0 Å². The summed E-state index contributed by atoms with van der Waals surface area (Å²) in [5.41, 5.74) is 1.73. The highest BCUT2D eigenvalue weighted by molar-refractivity contribution is 7.17. The Morgan fingerprint density at radius 2 is 1.96 bits per heavy atom. The molecule has 7 nitrogen and oxygen atoms in total. The van der Waals surface area contributed by atoms with Gasteiger partial charge in [0.25, 0.3) is 11.8 Å². The maximum absolute atomic E-state index is 13.3. The molecule has 0 radical (unpaired) electrons. The molecule has 0 saturated carbocycles. The van der Waals surface area contributed by atoms with Crippen molar-refractivity contribution in [1.82, 2.24) is 4.90 Å². The summed E-state index contributed by atoms with van der Waals surface area (Å²) in [6.07, 6.45) is 7.16. The Hall–Kier alpha value is -1.93. The Morgan fingerprint density at radius 3 is 2.64 bits per heavy atom. The molecule has 8 heteroatoms. The Labute approximate surface area is 169 Å². The van der Waals surface area contributed by atoms with Crippen molar-refractivity contribution >= 4 is 34.1 Å². The summed E-state index contributed by atoms with van der Waals surface area (Å²) in [5, 5.41) is 12.0. The van der Waals surface area contributed by atoms with Gasteiger partial charge in [0.1, 0.15) is 18.2 Å². The molecule has 154 valence electrons. The molecule has 2 amide bonds. The number of piperidine rings is 1. The number of aliphatic carboxylic acids is 1. The van der Waals surface area contributed by atoms with E-state index in [4.69, 9.17) is 9.84 Å². The van der Waals surface area contributed by atoms with E-state index in [2.05, 4.69) is 12.2 Å². The van der Waals surface area contributed by atoms with Gasteiger partial charge in [-0.1, -0.05) is 13.3 Å². The molecule has 0 bridgehead atoms. The van der Waals surface area contributed by atoms with E-state index in [1.807, 2.05) is 4.90 Å². The van der Waals surface area contributed by atoms with Gasteiger partial charge in [0.2, 0.25) is 0 Å². The zero-order chi connectivity index (χ0) is 20.1. The number of carboxylic acids is 1.